The lowest BCUT2D eigenvalue weighted by Gasteiger charge is -2.23. The van der Waals surface area contributed by atoms with Crippen molar-refractivity contribution in [3.8, 4) is 0 Å². The second-order valence-electron chi connectivity index (χ2n) is 6.05. The number of hydrogen-bond acceptors (Lipinski definition) is 4. The molecule has 1 saturated carbocycles. The SMILES string of the molecule is CC(C)(C)c1nc(N(CC(F)(F)F)C2CC2)sc1C=O. The summed E-state index contributed by atoms with van der Waals surface area (Å²) in [5.74, 6) is 0. The highest BCUT2D eigenvalue weighted by atomic mass is 32.1. The summed E-state index contributed by atoms with van der Waals surface area (Å²) in [4.78, 5) is 17.1. The minimum absolute atomic E-state index is 0.102. The fourth-order valence-electron chi connectivity index (χ4n) is 1.99. The average Bonchev–Trinajstić information content (AvgIpc) is 3.01. The van der Waals surface area contributed by atoms with Crippen LogP contribution in [0.15, 0.2) is 0 Å². The summed E-state index contributed by atoms with van der Waals surface area (Å²) in [5, 5.41) is 0.303. The van der Waals surface area contributed by atoms with Crippen LogP contribution >= 0.6 is 11.3 Å². The first kappa shape index (κ1) is 15.3. The largest absolute Gasteiger partial charge is 0.406 e. The minimum atomic E-state index is -4.27. The van der Waals surface area contributed by atoms with Gasteiger partial charge < -0.3 is 4.90 Å². The molecule has 1 aliphatic carbocycles. The first-order valence-corrected chi connectivity index (χ1v) is 7.23. The molecule has 0 bridgehead atoms. The molecule has 112 valence electrons. The maximum absolute atomic E-state index is 12.7. The average molecular weight is 306 g/mol. The second kappa shape index (κ2) is 5.02. The Labute approximate surface area is 119 Å². The Hall–Kier alpha value is -1.11. The van der Waals surface area contributed by atoms with Crippen molar-refractivity contribution in [2.45, 2.75) is 51.2 Å². The summed E-state index contributed by atoms with van der Waals surface area (Å²) in [6.07, 6.45) is -2.09. The van der Waals surface area contributed by atoms with Crippen LogP contribution in [0.3, 0.4) is 0 Å². The van der Waals surface area contributed by atoms with Gasteiger partial charge in [0.15, 0.2) is 11.4 Å². The summed E-state index contributed by atoms with van der Waals surface area (Å²) in [7, 11) is 0. The van der Waals surface area contributed by atoms with Crippen LogP contribution in [0.4, 0.5) is 18.3 Å². The number of aromatic nitrogens is 1. The summed E-state index contributed by atoms with van der Waals surface area (Å²) in [6, 6.07) is -0.102. The standard InChI is InChI=1S/C13H17F3N2OS/c1-12(2,3)10-9(6-19)20-11(17-10)18(8-4-5-8)7-13(14,15)16/h6,8H,4-5,7H2,1-3H3. The summed E-state index contributed by atoms with van der Waals surface area (Å²) < 4.78 is 38.0. The van der Waals surface area contributed by atoms with Gasteiger partial charge in [0.2, 0.25) is 0 Å². The molecule has 0 aliphatic heterocycles. The predicted octanol–water partition coefficient (Wildman–Crippen LogP) is 3.78. The van der Waals surface area contributed by atoms with E-state index in [-0.39, 0.29) is 11.5 Å². The van der Waals surface area contributed by atoms with Gasteiger partial charge in [0.25, 0.3) is 0 Å². The van der Waals surface area contributed by atoms with Gasteiger partial charge >= 0.3 is 6.18 Å². The molecular formula is C13H17F3N2OS. The smallest absolute Gasteiger partial charge is 0.336 e. The lowest BCUT2D eigenvalue weighted by Crippen LogP contribution is -2.36. The van der Waals surface area contributed by atoms with Crippen molar-refractivity contribution in [3.63, 3.8) is 0 Å². The van der Waals surface area contributed by atoms with Gasteiger partial charge in [-0.2, -0.15) is 13.2 Å². The van der Waals surface area contributed by atoms with Crippen molar-refractivity contribution in [2.24, 2.45) is 0 Å². The number of carbonyl (C=O) groups is 1. The van der Waals surface area contributed by atoms with Gasteiger partial charge in [0, 0.05) is 11.5 Å². The maximum atomic E-state index is 12.7. The molecule has 0 spiro atoms. The van der Waals surface area contributed by atoms with Crippen molar-refractivity contribution in [2.75, 3.05) is 11.4 Å². The van der Waals surface area contributed by atoms with E-state index in [0.717, 1.165) is 24.2 Å². The number of anilines is 1. The van der Waals surface area contributed by atoms with Crippen LogP contribution in [0.5, 0.6) is 0 Å². The zero-order valence-electron chi connectivity index (χ0n) is 11.6. The van der Waals surface area contributed by atoms with Gasteiger partial charge in [-0.25, -0.2) is 4.98 Å². The van der Waals surface area contributed by atoms with Gasteiger partial charge in [-0.3, -0.25) is 4.79 Å². The monoisotopic (exact) mass is 306 g/mol. The molecule has 2 rings (SSSR count). The molecular weight excluding hydrogens is 289 g/mol. The predicted molar refractivity (Wildman–Crippen MR) is 72.6 cm³/mol. The van der Waals surface area contributed by atoms with Crippen LogP contribution in [0.1, 0.15) is 49.0 Å². The summed E-state index contributed by atoms with van der Waals surface area (Å²) >= 11 is 1.05. The quantitative estimate of drug-likeness (QED) is 0.794. The molecule has 3 nitrogen and oxygen atoms in total. The zero-order valence-corrected chi connectivity index (χ0v) is 12.4. The third kappa shape index (κ3) is 3.50. The van der Waals surface area contributed by atoms with Crippen LogP contribution in [0.25, 0.3) is 0 Å². The Morgan fingerprint density at radius 3 is 2.30 bits per heavy atom. The number of thiazole rings is 1. The number of rotatable bonds is 4. The highest BCUT2D eigenvalue weighted by molar-refractivity contribution is 7.17. The highest BCUT2D eigenvalue weighted by Gasteiger charge is 2.40. The molecule has 0 saturated heterocycles. The number of carbonyl (C=O) groups excluding carboxylic acids is 1. The zero-order chi connectivity index (χ0) is 15.1. The normalized spacial score (nSPS) is 16.3. The summed E-state index contributed by atoms with van der Waals surface area (Å²) in [6.45, 7) is 4.67. The van der Waals surface area contributed by atoms with E-state index in [1.807, 2.05) is 20.8 Å². The van der Waals surface area contributed by atoms with E-state index in [2.05, 4.69) is 4.98 Å². The van der Waals surface area contributed by atoms with Crippen molar-refractivity contribution >= 4 is 22.8 Å². The Balaban J connectivity index is 2.35. The molecule has 0 amide bonds. The molecule has 20 heavy (non-hydrogen) atoms. The van der Waals surface area contributed by atoms with Gasteiger partial charge in [-0.1, -0.05) is 32.1 Å². The van der Waals surface area contributed by atoms with E-state index in [9.17, 15) is 18.0 Å². The molecule has 1 aromatic rings. The van der Waals surface area contributed by atoms with E-state index in [0.29, 0.717) is 22.0 Å². The number of hydrogen-bond donors (Lipinski definition) is 0. The van der Waals surface area contributed by atoms with Crippen LogP contribution in [-0.2, 0) is 5.41 Å². The number of alkyl halides is 3. The van der Waals surface area contributed by atoms with E-state index in [4.69, 9.17) is 0 Å². The Bertz CT molecular complexity index is 501. The fraction of sp³-hybridized carbons (Fsp3) is 0.692. The van der Waals surface area contributed by atoms with Crippen LogP contribution in [-0.4, -0.2) is 30.0 Å². The van der Waals surface area contributed by atoms with Crippen molar-refractivity contribution in [1.29, 1.82) is 0 Å². The van der Waals surface area contributed by atoms with Crippen molar-refractivity contribution in [3.05, 3.63) is 10.6 Å². The lowest BCUT2D eigenvalue weighted by atomic mass is 9.91. The number of aldehydes is 1. The molecule has 1 aliphatic rings. The first-order chi connectivity index (χ1) is 9.12. The topological polar surface area (TPSA) is 33.2 Å². The first-order valence-electron chi connectivity index (χ1n) is 6.41. The molecule has 0 unspecified atom stereocenters. The number of nitrogens with zero attached hydrogens (tertiary/aromatic N) is 2. The molecule has 0 aromatic carbocycles. The van der Waals surface area contributed by atoms with Crippen LogP contribution in [0, 0.1) is 0 Å². The number of halogens is 3. The third-order valence-corrected chi connectivity index (χ3v) is 4.06. The Morgan fingerprint density at radius 1 is 1.35 bits per heavy atom. The van der Waals surface area contributed by atoms with Crippen molar-refractivity contribution in [1.82, 2.24) is 4.98 Å². The molecule has 1 fully saturated rings. The molecule has 1 aromatic heterocycles. The van der Waals surface area contributed by atoms with Crippen molar-refractivity contribution < 1.29 is 18.0 Å². The summed E-state index contributed by atoms with van der Waals surface area (Å²) in [5.41, 5.74) is 0.207. The van der Waals surface area contributed by atoms with E-state index < -0.39 is 12.7 Å². The third-order valence-electron chi connectivity index (χ3n) is 3.04. The lowest BCUT2D eigenvalue weighted by molar-refractivity contribution is -0.120. The Morgan fingerprint density at radius 2 is 1.95 bits per heavy atom. The second-order valence-corrected chi connectivity index (χ2v) is 7.06. The van der Waals surface area contributed by atoms with Gasteiger partial charge in [-0.15, -0.1) is 0 Å². The molecule has 0 atom stereocenters. The molecule has 1 heterocycles. The maximum Gasteiger partial charge on any atom is 0.406 e. The van der Waals surface area contributed by atoms with Crippen LogP contribution < -0.4 is 4.90 Å². The highest BCUT2D eigenvalue weighted by Crippen LogP contribution is 2.39. The van der Waals surface area contributed by atoms with Gasteiger partial charge in [-0.05, 0) is 12.8 Å². The molecule has 0 N–H and O–H groups in total. The fourth-order valence-corrected chi connectivity index (χ4v) is 3.15. The van der Waals surface area contributed by atoms with Gasteiger partial charge in [0.1, 0.15) is 6.54 Å². The molecule has 7 heteroatoms. The van der Waals surface area contributed by atoms with E-state index >= 15 is 0 Å². The Kier molecular flexibility index (Phi) is 3.83. The van der Waals surface area contributed by atoms with Crippen LogP contribution in [0.2, 0.25) is 0 Å². The minimum Gasteiger partial charge on any atom is -0.336 e. The molecule has 0 radical (unpaired) electrons. The van der Waals surface area contributed by atoms with E-state index in [1.165, 1.54) is 4.90 Å². The van der Waals surface area contributed by atoms with E-state index in [1.54, 1.807) is 0 Å². The van der Waals surface area contributed by atoms with Gasteiger partial charge in [0.05, 0.1) is 10.6 Å².